The highest BCUT2D eigenvalue weighted by Crippen LogP contribution is 2.39. The van der Waals surface area contributed by atoms with E-state index in [-0.39, 0.29) is 6.41 Å². The van der Waals surface area contributed by atoms with Crippen molar-refractivity contribution in [2.24, 2.45) is 0 Å². The van der Waals surface area contributed by atoms with Crippen LogP contribution < -0.4 is 26.6 Å². The molecule has 8 heterocycles. The molecule has 0 unspecified atom stereocenters. The van der Waals surface area contributed by atoms with Gasteiger partial charge in [0.15, 0.2) is 50.3 Å². The molecule has 0 saturated carbocycles. The molecule has 5 amide bonds. The fraction of sp³-hybridized carbons (Fsp3) is 0.917. The number of aliphatic hydroxyl groups excluding tert-OH is 22. The summed E-state index contributed by atoms with van der Waals surface area (Å²) in [6.07, 6.45) is -71.8. The summed E-state index contributed by atoms with van der Waals surface area (Å²) >= 11 is 0. The maximum atomic E-state index is 13.0. The van der Waals surface area contributed by atoms with Crippen LogP contribution in [0.1, 0.15) is 27.7 Å². The van der Waals surface area contributed by atoms with Crippen LogP contribution in [0.15, 0.2) is 0 Å². The first-order chi connectivity index (χ1) is 51.2. The summed E-state index contributed by atoms with van der Waals surface area (Å²) in [5.41, 5.74) is 0. The molecule has 0 aromatic rings. The smallest absolute Gasteiger partial charge is 0.217 e. The second kappa shape index (κ2) is 40.2. The first-order valence-electron chi connectivity index (χ1n) is 34.3. The fourth-order valence-corrected chi connectivity index (χ4v) is 13.6. The largest absolute Gasteiger partial charge is 0.394 e. The normalized spacial score (nSPS) is 46.2. The summed E-state index contributed by atoms with van der Waals surface area (Å²) in [7, 11) is 0. The molecule has 0 spiro atoms. The highest BCUT2D eigenvalue weighted by molar-refractivity contribution is 5.74. The lowest BCUT2D eigenvalue weighted by Gasteiger charge is -2.51. The van der Waals surface area contributed by atoms with Crippen LogP contribution in [-0.2, 0) is 99.8 Å². The van der Waals surface area contributed by atoms with E-state index >= 15 is 0 Å². The number of aliphatic hydroxyl groups is 22. The molecule has 8 fully saturated rings. The molecular formula is C60H101N5O43. The van der Waals surface area contributed by atoms with E-state index in [9.17, 15) is 136 Å². The fourth-order valence-electron chi connectivity index (χ4n) is 13.6. The molecule has 8 aliphatic rings. The van der Waals surface area contributed by atoms with Gasteiger partial charge in [0.1, 0.15) is 195 Å². The lowest BCUT2D eigenvalue weighted by molar-refractivity contribution is -0.387. The van der Waals surface area contributed by atoms with Gasteiger partial charge in [-0.15, -0.1) is 0 Å². The Morgan fingerprint density at radius 3 is 0.926 bits per heavy atom. The molecule has 0 aromatic heterocycles. The molecule has 48 nitrogen and oxygen atoms in total. The zero-order valence-corrected chi connectivity index (χ0v) is 58.2. The number of carbonyl (C=O) groups excluding carboxylic acids is 5. The summed E-state index contributed by atoms with van der Waals surface area (Å²) in [6.45, 7) is -5.60. The molecule has 8 aliphatic heterocycles. The quantitative estimate of drug-likeness (QED) is 0.0278. The van der Waals surface area contributed by atoms with Gasteiger partial charge in [-0.05, 0) is 0 Å². The Kier molecular flexibility index (Phi) is 33.3. The standard InChI is InChI=1S/C60H101N5O43/c1-16(75)62-29-38(84)33(79)21(6-67)95-54(29)106-50-35(81)23(8-69)97-58(44(50)90)103-47-25(10-71)99-53(31(40(47)86)64-18(3)77)94-14-28-37(83)52(108-55-30(63-17(2)76)39(85)34(80)22(7-68)96-55)46(92)60(102-28)104-48-26(11-72)100-56(32(41(48)87)65-19(4)78)107-51-36(82)24(9-70)98-59(45(51)91)105-49-27(12-73)101-57(43(89)42(49)88)93-13-20(5-66)61-15-74/h15,20-60,66-73,79-92H,5-14H2,1-4H3,(H,61,74)(H,62,75)(H,63,76)(H,64,77)(H,65,78)/t20-,21-,22-,23-,24-,25-,26-,27-,28-,29-,30-,31-,32-,33+,34-,35+,36+,37+,38-,39-,40-,41-,42-,43-,44-,45-,46-,47-,48-,49-,50+,51+,52+,53-,54-,55+,56+,57-,58+,59+,60+/m1/s1. The van der Waals surface area contributed by atoms with Gasteiger partial charge in [-0.2, -0.15) is 0 Å². The van der Waals surface area contributed by atoms with Gasteiger partial charge in [-0.25, -0.2) is 0 Å². The van der Waals surface area contributed by atoms with Gasteiger partial charge in [0.25, 0.3) is 0 Å². The van der Waals surface area contributed by atoms with Gasteiger partial charge < -0.3 is 215 Å². The zero-order chi connectivity index (χ0) is 79.6. The molecule has 0 aromatic carbocycles. The minimum Gasteiger partial charge on any atom is -0.394 e. The van der Waals surface area contributed by atoms with E-state index in [4.69, 9.17) is 75.8 Å². The van der Waals surface area contributed by atoms with Crippen molar-refractivity contribution in [2.75, 3.05) is 66.1 Å². The number of hydrogen-bond donors (Lipinski definition) is 27. The molecule has 0 radical (unpaired) electrons. The zero-order valence-electron chi connectivity index (χ0n) is 58.2. The topological polar surface area (TPSA) is 738 Å². The van der Waals surface area contributed by atoms with Crippen molar-refractivity contribution in [3.05, 3.63) is 0 Å². The molecule has 27 N–H and O–H groups in total. The van der Waals surface area contributed by atoms with Crippen molar-refractivity contribution < 1.29 is 212 Å². The number of carbonyl (C=O) groups is 5. The lowest BCUT2D eigenvalue weighted by Crippen LogP contribution is -2.70. The number of rotatable bonds is 32. The van der Waals surface area contributed by atoms with E-state index in [1.54, 1.807) is 0 Å². The monoisotopic (exact) mass is 1580 g/mol. The van der Waals surface area contributed by atoms with E-state index in [0.29, 0.717) is 0 Å². The summed E-state index contributed by atoms with van der Waals surface area (Å²) in [5.74, 6) is -3.52. The molecular weight excluding hydrogens is 1480 g/mol. The van der Waals surface area contributed by atoms with Gasteiger partial charge in [0, 0.05) is 27.7 Å². The van der Waals surface area contributed by atoms with Crippen molar-refractivity contribution in [2.45, 2.75) is 279 Å². The van der Waals surface area contributed by atoms with Gasteiger partial charge in [0.2, 0.25) is 30.0 Å². The van der Waals surface area contributed by atoms with Crippen molar-refractivity contribution in [1.29, 1.82) is 0 Å². The maximum Gasteiger partial charge on any atom is 0.217 e. The summed E-state index contributed by atoms with van der Waals surface area (Å²) in [5, 5.41) is 255. The van der Waals surface area contributed by atoms with Crippen molar-refractivity contribution in [3.8, 4) is 0 Å². The minimum atomic E-state index is -2.41. The molecule has 48 heteroatoms. The third-order valence-corrected chi connectivity index (χ3v) is 19.2. The van der Waals surface area contributed by atoms with Gasteiger partial charge in [0.05, 0.1) is 72.1 Å². The molecule has 8 rings (SSSR count). The number of nitrogens with one attached hydrogen (secondary N) is 5. The second-order valence-corrected chi connectivity index (χ2v) is 26.8. The minimum absolute atomic E-state index is 0.254. The van der Waals surface area contributed by atoms with Gasteiger partial charge in [-0.1, -0.05) is 0 Å². The Hall–Kier alpha value is -4.17. The first kappa shape index (κ1) is 89.4. The average Bonchev–Trinajstić information content (AvgIpc) is 0.769. The van der Waals surface area contributed by atoms with E-state index in [2.05, 4.69) is 26.6 Å². The third-order valence-electron chi connectivity index (χ3n) is 19.2. The summed E-state index contributed by atoms with van der Waals surface area (Å²) in [4.78, 5) is 61.7. The average molecular weight is 1580 g/mol. The second-order valence-electron chi connectivity index (χ2n) is 26.8. The van der Waals surface area contributed by atoms with E-state index in [0.717, 1.165) is 27.7 Å². The van der Waals surface area contributed by atoms with Crippen LogP contribution in [-0.4, -0.2) is 460 Å². The molecule has 41 atom stereocenters. The van der Waals surface area contributed by atoms with Gasteiger partial charge >= 0.3 is 0 Å². The summed E-state index contributed by atoms with van der Waals surface area (Å²) in [6, 6.07) is -8.24. The van der Waals surface area contributed by atoms with Crippen LogP contribution in [0.4, 0.5) is 0 Å². The van der Waals surface area contributed by atoms with Crippen molar-refractivity contribution >= 4 is 30.0 Å². The Morgan fingerprint density at radius 1 is 0.306 bits per heavy atom. The Labute approximate surface area is 612 Å². The van der Waals surface area contributed by atoms with Crippen LogP contribution in [0.2, 0.25) is 0 Å². The van der Waals surface area contributed by atoms with E-state index in [1.807, 2.05) is 0 Å². The number of hydrogen-bond acceptors (Lipinski definition) is 43. The van der Waals surface area contributed by atoms with Crippen molar-refractivity contribution in [1.82, 2.24) is 26.6 Å². The molecule has 108 heavy (non-hydrogen) atoms. The molecule has 624 valence electrons. The summed E-state index contributed by atoms with van der Waals surface area (Å²) < 4.78 is 93.9. The van der Waals surface area contributed by atoms with Crippen LogP contribution >= 0.6 is 0 Å². The van der Waals surface area contributed by atoms with Crippen LogP contribution in [0.25, 0.3) is 0 Å². The molecule has 0 bridgehead atoms. The third kappa shape index (κ3) is 20.5. The first-order valence-corrected chi connectivity index (χ1v) is 34.3. The van der Waals surface area contributed by atoms with Crippen LogP contribution in [0, 0.1) is 0 Å². The number of amides is 5. The van der Waals surface area contributed by atoms with Crippen LogP contribution in [0.5, 0.6) is 0 Å². The Morgan fingerprint density at radius 2 is 0.583 bits per heavy atom. The van der Waals surface area contributed by atoms with Crippen LogP contribution in [0.3, 0.4) is 0 Å². The highest BCUT2D eigenvalue weighted by atomic mass is 16.8. The highest BCUT2D eigenvalue weighted by Gasteiger charge is 2.60. The molecule has 8 saturated heterocycles. The predicted molar refractivity (Wildman–Crippen MR) is 335 cm³/mol. The molecule has 0 aliphatic carbocycles. The Balaban J connectivity index is 1.05. The Bertz CT molecular complexity index is 2830. The van der Waals surface area contributed by atoms with E-state index in [1.165, 1.54) is 0 Å². The predicted octanol–water partition coefficient (Wildman–Crippen LogP) is -18.7. The lowest BCUT2D eigenvalue weighted by atomic mass is 9.94. The SMILES string of the molecule is CC(=O)N[C@H]1[C@H](OC[C@H]2O[C@@H](O[C@H]3[C@H](O)[C@@H](NC(C)=O)[C@H](O[C@H]4[C@@H](O)[C@@H](CO)O[C@@H](O[C@H]5[C@H](O)[C@@H](O)[C@H](OC[C@@H](CO)NC=O)O[C@@H]5CO)[C@@H]4O)O[C@@H]3CO)[C@H](O)[C@@H](O[C@@H]3O[C@H](CO)[C@@H](O)[C@H](O)[C@H]3NC(C)=O)[C@H]2O)O[C@H](CO)[C@@H](O[C@@H]2O[C@H](CO)[C@H](O)[C@H](O[C@H]3O[C@H](CO)[C@H](O)[C@H](O)[C@H]3NC(C)=O)[C@H]2O)[C@@H]1O. The van der Waals surface area contributed by atoms with E-state index < -0.39 is 341 Å². The number of ether oxygens (including phenoxy) is 16. The van der Waals surface area contributed by atoms with Crippen molar-refractivity contribution in [3.63, 3.8) is 0 Å². The maximum absolute atomic E-state index is 13.0. The van der Waals surface area contributed by atoms with Gasteiger partial charge in [-0.3, -0.25) is 24.0 Å².